The van der Waals surface area contributed by atoms with E-state index in [1.165, 1.54) is 3.97 Å². The molecular formula is C20H22N6O2S. The van der Waals surface area contributed by atoms with Crippen LogP contribution in [-0.2, 0) is 10.0 Å². The zero-order chi connectivity index (χ0) is 20.0. The Hall–Kier alpha value is -2.91. The molecule has 1 aliphatic heterocycles. The smallest absolute Gasteiger partial charge is 0.269 e. The second-order valence-corrected chi connectivity index (χ2v) is 9.01. The number of fused-ring (bicyclic) bond motifs is 3. The molecule has 8 nitrogen and oxygen atoms in total. The summed E-state index contributed by atoms with van der Waals surface area (Å²) in [5.74, 6) is 0.778. The second kappa shape index (κ2) is 6.85. The van der Waals surface area contributed by atoms with Crippen molar-refractivity contribution >= 4 is 38.0 Å². The van der Waals surface area contributed by atoms with Gasteiger partial charge in [0.2, 0.25) is 5.95 Å². The summed E-state index contributed by atoms with van der Waals surface area (Å²) >= 11 is 0. The summed E-state index contributed by atoms with van der Waals surface area (Å²) in [4.78, 5) is 9.40. The van der Waals surface area contributed by atoms with Gasteiger partial charge in [0.05, 0.1) is 16.6 Å². The minimum Gasteiger partial charge on any atom is -0.359 e. The lowest BCUT2D eigenvalue weighted by atomic mass is 10.1. The third kappa shape index (κ3) is 2.80. The van der Waals surface area contributed by atoms with Gasteiger partial charge in [0.1, 0.15) is 5.52 Å². The van der Waals surface area contributed by atoms with Crippen molar-refractivity contribution in [1.82, 2.24) is 23.8 Å². The quantitative estimate of drug-likeness (QED) is 0.537. The molecule has 0 spiro atoms. The minimum absolute atomic E-state index is 0.238. The highest BCUT2D eigenvalue weighted by Crippen LogP contribution is 2.34. The van der Waals surface area contributed by atoms with Gasteiger partial charge < -0.3 is 15.2 Å². The fraction of sp³-hybridized carbons (Fsp3) is 0.300. The average molecular weight is 411 g/mol. The van der Waals surface area contributed by atoms with Crippen LogP contribution in [0.5, 0.6) is 0 Å². The molecule has 0 amide bonds. The summed E-state index contributed by atoms with van der Waals surface area (Å²) in [7, 11) is -1.87. The fourth-order valence-corrected chi connectivity index (χ4v) is 5.47. The van der Waals surface area contributed by atoms with Crippen molar-refractivity contribution in [2.45, 2.75) is 23.8 Å². The fourth-order valence-electron chi connectivity index (χ4n) is 4.14. The lowest BCUT2D eigenvalue weighted by Gasteiger charge is -2.26. The van der Waals surface area contributed by atoms with Crippen molar-refractivity contribution in [3.05, 3.63) is 48.8 Å². The van der Waals surface area contributed by atoms with E-state index in [-0.39, 0.29) is 4.90 Å². The van der Waals surface area contributed by atoms with Gasteiger partial charge >= 0.3 is 0 Å². The maximum Gasteiger partial charge on any atom is 0.269 e. The molecule has 3 aromatic heterocycles. The highest BCUT2D eigenvalue weighted by atomic mass is 32.2. The second-order valence-electron chi connectivity index (χ2n) is 7.20. The summed E-state index contributed by atoms with van der Waals surface area (Å²) < 4.78 is 29.8. The summed E-state index contributed by atoms with van der Waals surface area (Å²) in [6, 6.07) is 10.5. The lowest BCUT2D eigenvalue weighted by Crippen LogP contribution is -2.29. The van der Waals surface area contributed by atoms with Crippen LogP contribution in [0.2, 0.25) is 0 Å². The Morgan fingerprint density at radius 3 is 2.62 bits per heavy atom. The summed E-state index contributed by atoms with van der Waals surface area (Å²) in [6.45, 7) is 1.90. The zero-order valence-corrected chi connectivity index (χ0v) is 16.9. The van der Waals surface area contributed by atoms with E-state index in [9.17, 15) is 8.42 Å². The normalized spacial score (nSPS) is 15.9. The SMILES string of the molecule is CNc1nc2cnc3c(ccn3S(=O)(=O)c3ccccc3)c2n1C1CCNCC1. The molecule has 1 saturated heterocycles. The number of hydrogen-bond acceptors (Lipinski definition) is 6. The number of pyridine rings is 1. The molecule has 0 unspecified atom stereocenters. The number of nitrogens with one attached hydrogen (secondary N) is 2. The number of piperidine rings is 1. The van der Waals surface area contributed by atoms with Gasteiger partial charge in [-0.25, -0.2) is 22.4 Å². The van der Waals surface area contributed by atoms with Gasteiger partial charge in [-0.15, -0.1) is 0 Å². The Kier molecular flexibility index (Phi) is 4.29. The van der Waals surface area contributed by atoms with Gasteiger partial charge in [0.25, 0.3) is 10.0 Å². The Labute approximate surface area is 168 Å². The molecule has 0 bridgehead atoms. The first-order valence-electron chi connectivity index (χ1n) is 9.68. The molecule has 1 aromatic carbocycles. The molecule has 0 saturated carbocycles. The molecule has 1 aliphatic rings. The van der Waals surface area contributed by atoms with E-state index < -0.39 is 10.0 Å². The molecule has 29 heavy (non-hydrogen) atoms. The van der Waals surface area contributed by atoms with E-state index in [0.29, 0.717) is 11.7 Å². The number of hydrogen-bond donors (Lipinski definition) is 2. The van der Waals surface area contributed by atoms with E-state index in [2.05, 4.69) is 20.2 Å². The first-order chi connectivity index (χ1) is 14.1. The van der Waals surface area contributed by atoms with Gasteiger partial charge in [-0.3, -0.25) is 0 Å². The number of nitrogens with zero attached hydrogens (tertiary/aromatic N) is 4. The monoisotopic (exact) mass is 410 g/mol. The van der Waals surface area contributed by atoms with Crippen molar-refractivity contribution < 1.29 is 8.42 Å². The van der Waals surface area contributed by atoms with Crippen LogP contribution in [0.4, 0.5) is 5.95 Å². The van der Waals surface area contributed by atoms with Crippen molar-refractivity contribution in [2.24, 2.45) is 0 Å². The molecular weight excluding hydrogens is 388 g/mol. The van der Waals surface area contributed by atoms with Gasteiger partial charge in [-0.1, -0.05) is 18.2 Å². The van der Waals surface area contributed by atoms with Crippen LogP contribution in [0.3, 0.4) is 0 Å². The van der Waals surface area contributed by atoms with Crippen molar-refractivity contribution in [2.75, 3.05) is 25.5 Å². The van der Waals surface area contributed by atoms with Crippen LogP contribution in [0, 0.1) is 0 Å². The van der Waals surface area contributed by atoms with Crippen molar-refractivity contribution in [3.8, 4) is 0 Å². The molecule has 0 atom stereocenters. The standard InChI is InChI=1S/C20H22N6O2S/c1-21-20-24-17-13-23-19-16(18(17)26(20)14-7-10-22-11-8-14)9-12-25(19)29(27,28)15-5-3-2-4-6-15/h2-6,9,12-14,22H,7-8,10-11H2,1H3,(H,21,24). The average Bonchev–Trinajstić information content (AvgIpc) is 3.36. The number of aromatic nitrogens is 4. The number of rotatable bonds is 4. The van der Waals surface area contributed by atoms with Crippen molar-refractivity contribution in [3.63, 3.8) is 0 Å². The first-order valence-corrected chi connectivity index (χ1v) is 11.1. The number of benzene rings is 1. The third-order valence-corrected chi connectivity index (χ3v) is 7.21. The number of imidazole rings is 1. The van der Waals surface area contributed by atoms with Crippen molar-refractivity contribution in [1.29, 1.82) is 0 Å². The van der Waals surface area contributed by atoms with E-state index >= 15 is 0 Å². The van der Waals surface area contributed by atoms with Crippen LogP contribution < -0.4 is 10.6 Å². The molecule has 5 rings (SSSR count). The summed E-state index contributed by atoms with van der Waals surface area (Å²) in [6.07, 6.45) is 5.23. The Morgan fingerprint density at radius 1 is 1.14 bits per heavy atom. The van der Waals surface area contributed by atoms with Crippen LogP contribution in [0.15, 0.2) is 53.7 Å². The maximum atomic E-state index is 13.2. The van der Waals surface area contributed by atoms with E-state index in [4.69, 9.17) is 4.98 Å². The van der Waals surface area contributed by atoms with Gasteiger partial charge in [-0.2, -0.15) is 0 Å². The summed E-state index contributed by atoms with van der Waals surface area (Å²) in [5, 5.41) is 7.37. The Bertz CT molecular complexity index is 1290. The predicted molar refractivity (Wildman–Crippen MR) is 113 cm³/mol. The highest BCUT2D eigenvalue weighted by Gasteiger charge is 2.25. The van der Waals surface area contributed by atoms with E-state index in [1.807, 2.05) is 13.1 Å². The topological polar surface area (TPSA) is 93.8 Å². The Balaban J connectivity index is 1.75. The van der Waals surface area contributed by atoms with Crippen LogP contribution in [0.25, 0.3) is 22.1 Å². The van der Waals surface area contributed by atoms with E-state index in [1.54, 1.807) is 42.7 Å². The lowest BCUT2D eigenvalue weighted by molar-refractivity contribution is 0.378. The van der Waals surface area contributed by atoms with Crippen LogP contribution >= 0.6 is 0 Å². The highest BCUT2D eigenvalue weighted by molar-refractivity contribution is 7.90. The largest absolute Gasteiger partial charge is 0.359 e. The molecule has 1 fully saturated rings. The van der Waals surface area contributed by atoms with Gasteiger partial charge in [0, 0.05) is 24.7 Å². The minimum atomic E-state index is -3.73. The van der Waals surface area contributed by atoms with Crippen LogP contribution in [0.1, 0.15) is 18.9 Å². The molecule has 0 radical (unpaired) electrons. The predicted octanol–water partition coefficient (Wildman–Crippen LogP) is 2.59. The molecule has 0 aliphatic carbocycles. The zero-order valence-electron chi connectivity index (χ0n) is 16.0. The third-order valence-electron chi connectivity index (χ3n) is 5.53. The Morgan fingerprint density at radius 2 is 1.90 bits per heavy atom. The maximum absolute atomic E-state index is 13.2. The summed E-state index contributed by atoms with van der Waals surface area (Å²) in [5.41, 5.74) is 2.10. The van der Waals surface area contributed by atoms with Gasteiger partial charge in [-0.05, 0) is 44.1 Å². The molecule has 4 aromatic rings. The molecule has 150 valence electrons. The van der Waals surface area contributed by atoms with E-state index in [0.717, 1.165) is 48.3 Å². The molecule has 2 N–H and O–H groups in total. The molecule has 9 heteroatoms. The van der Waals surface area contributed by atoms with Crippen LogP contribution in [-0.4, -0.2) is 47.1 Å². The first kappa shape index (κ1) is 18.1. The molecule has 4 heterocycles. The van der Waals surface area contributed by atoms with Gasteiger partial charge in [0.15, 0.2) is 5.65 Å². The number of anilines is 1.